The van der Waals surface area contributed by atoms with Crippen molar-refractivity contribution in [1.29, 1.82) is 0 Å². The van der Waals surface area contributed by atoms with E-state index in [1.807, 2.05) is 6.07 Å². The zero-order valence-electron chi connectivity index (χ0n) is 16.6. The lowest BCUT2D eigenvalue weighted by Gasteiger charge is -2.12. The number of nitrogens with zero attached hydrogens (tertiary/aromatic N) is 1. The maximum absolute atomic E-state index is 11.6. The zero-order chi connectivity index (χ0) is 18.8. The van der Waals surface area contributed by atoms with E-state index in [4.69, 9.17) is 9.41 Å². The van der Waals surface area contributed by atoms with Crippen molar-refractivity contribution in [2.45, 2.75) is 78.6 Å². The van der Waals surface area contributed by atoms with E-state index in [-0.39, 0.29) is 5.78 Å². The first kappa shape index (κ1) is 20.4. The van der Waals surface area contributed by atoms with Crippen molar-refractivity contribution in [1.82, 2.24) is 0 Å². The largest absolute Gasteiger partial charge is 0.443 e. The zero-order valence-corrected chi connectivity index (χ0v) is 16.6. The Balaban J connectivity index is 2.46. The minimum atomic E-state index is 0.225. The van der Waals surface area contributed by atoms with Crippen LogP contribution in [0.1, 0.15) is 77.0 Å². The second kappa shape index (κ2) is 10.9. The molecule has 0 aliphatic carbocycles. The molecule has 0 fully saturated rings. The van der Waals surface area contributed by atoms with Crippen LogP contribution in [0.2, 0.25) is 0 Å². The molecule has 0 bridgehead atoms. The number of fused-ring (bicyclic) bond motifs is 1. The second-order valence-electron chi connectivity index (χ2n) is 7.10. The van der Waals surface area contributed by atoms with Crippen LogP contribution in [0.4, 0.5) is 0 Å². The van der Waals surface area contributed by atoms with Crippen LogP contribution in [-0.4, -0.2) is 12.3 Å². The highest BCUT2D eigenvalue weighted by molar-refractivity contribution is 5.85. The Morgan fingerprint density at radius 2 is 1.69 bits per heavy atom. The molecule has 26 heavy (non-hydrogen) atoms. The summed E-state index contributed by atoms with van der Waals surface area (Å²) in [4.78, 5) is 16.3. The smallest absolute Gasteiger partial charge is 0.222 e. The highest BCUT2D eigenvalue weighted by atomic mass is 16.3. The van der Waals surface area contributed by atoms with Crippen molar-refractivity contribution in [3.8, 4) is 0 Å². The normalized spacial score (nSPS) is 12.0. The minimum Gasteiger partial charge on any atom is -0.443 e. The molecule has 0 saturated heterocycles. The van der Waals surface area contributed by atoms with Crippen LogP contribution in [0.25, 0.3) is 10.8 Å². The van der Waals surface area contributed by atoms with E-state index in [1.165, 1.54) is 30.2 Å². The molecule has 3 nitrogen and oxygen atoms in total. The van der Waals surface area contributed by atoms with Gasteiger partial charge in [0.25, 0.3) is 0 Å². The van der Waals surface area contributed by atoms with E-state index in [2.05, 4.69) is 32.0 Å². The molecule has 2 aromatic rings. The van der Waals surface area contributed by atoms with E-state index in [9.17, 15) is 4.79 Å². The lowest BCUT2D eigenvalue weighted by Crippen LogP contribution is -2.11. The number of carbonyl (C=O) groups excluding carboxylic acids is 1. The monoisotopic (exact) mass is 355 g/mol. The highest BCUT2D eigenvalue weighted by Gasteiger charge is 2.13. The Labute approximate surface area is 157 Å². The summed E-state index contributed by atoms with van der Waals surface area (Å²) in [6.07, 6.45) is 9.25. The SMILES string of the molecule is CCCCCCc1oc(=NCCCC)c2ccccc2c1CCC(C)=O. The number of aryl methyl sites for hydroxylation is 2. The summed E-state index contributed by atoms with van der Waals surface area (Å²) in [5, 5.41) is 2.26. The van der Waals surface area contributed by atoms with E-state index < -0.39 is 0 Å². The average molecular weight is 356 g/mol. The van der Waals surface area contributed by atoms with Crippen molar-refractivity contribution < 1.29 is 9.21 Å². The Bertz CT molecular complexity index is 773. The van der Waals surface area contributed by atoms with Crippen molar-refractivity contribution >= 4 is 16.6 Å². The first-order valence-electron chi connectivity index (χ1n) is 10.2. The van der Waals surface area contributed by atoms with Gasteiger partial charge in [0.05, 0.1) is 0 Å². The number of benzene rings is 1. The van der Waals surface area contributed by atoms with Gasteiger partial charge in [-0.3, -0.25) is 4.99 Å². The van der Waals surface area contributed by atoms with Gasteiger partial charge in [0.15, 0.2) is 0 Å². The van der Waals surface area contributed by atoms with Gasteiger partial charge in [0.1, 0.15) is 11.5 Å². The van der Waals surface area contributed by atoms with Gasteiger partial charge >= 0.3 is 0 Å². The van der Waals surface area contributed by atoms with E-state index in [0.29, 0.717) is 6.42 Å². The third kappa shape index (κ3) is 5.82. The van der Waals surface area contributed by atoms with Gasteiger partial charge in [0.2, 0.25) is 5.55 Å². The molecule has 1 heterocycles. The van der Waals surface area contributed by atoms with Crippen molar-refractivity contribution in [3.63, 3.8) is 0 Å². The first-order valence-corrected chi connectivity index (χ1v) is 10.2. The van der Waals surface area contributed by atoms with Crippen molar-refractivity contribution in [2.75, 3.05) is 6.54 Å². The minimum absolute atomic E-state index is 0.225. The fourth-order valence-electron chi connectivity index (χ4n) is 3.26. The van der Waals surface area contributed by atoms with Gasteiger partial charge in [-0.15, -0.1) is 0 Å². The number of hydrogen-bond acceptors (Lipinski definition) is 3. The molecule has 0 aliphatic rings. The van der Waals surface area contributed by atoms with E-state index in [1.54, 1.807) is 6.92 Å². The molecule has 0 atom stereocenters. The molecule has 3 heteroatoms. The number of Topliss-reactive ketones (excluding diaryl/α,β-unsaturated/α-hetero) is 1. The maximum atomic E-state index is 11.6. The molecular formula is C23H33NO2. The van der Waals surface area contributed by atoms with Crippen molar-refractivity contribution in [3.05, 3.63) is 41.1 Å². The number of ketones is 1. The number of hydrogen-bond donors (Lipinski definition) is 0. The Hall–Kier alpha value is -1.90. The fraction of sp³-hybridized carbons (Fsp3) is 0.565. The molecule has 0 unspecified atom stereocenters. The summed E-state index contributed by atoms with van der Waals surface area (Å²) in [6, 6.07) is 8.33. The summed E-state index contributed by atoms with van der Waals surface area (Å²) >= 11 is 0. The van der Waals surface area contributed by atoms with E-state index in [0.717, 1.165) is 55.3 Å². The molecule has 1 aromatic carbocycles. The van der Waals surface area contributed by atoms with Crippen LogP contribution in [0, 0.1) is 0 Å². The molecule has 142 valence electrons. The fourth-order valence-corrected chi connectivity index (χ4v) is 3.26. The topological polar surface area (TPSA) is 42.6 Å². The van der Waals surface area contributed by atoms with Gasteiger partial charge in [0, 0.05) is 24.8 Å². The van der Waals surface area contributed by atoms with Gasteiger partial charge in [-0.2, -0.15) is 0 Å². The Morgan fingerprint density at radius 1 is 0.962 bits per heavy atom. The van der Waals surface area contributed by atoms with E-state index >= 15 is 0 Å². The predicted octanol–water partition coefficient (Wildman–Crippen LogP) is 5.78. The van der Waals surface area contributed by atoms with Crippen LogP contribution in [0.3, 0.4) is 0 Å². The third-order valence-electron chi connectivity index (χ3n) is 4.79. The van der Waals surface area contributed by atoms with Gasteiger partial charge in [-0.25, -0.2) is 0 Å². The Kier molecular flexibility index (Phi) is 8.60. The molecule has 0 spiro atoms. The van der Waals surface area contributed by atoms with Crippen molar-refractivity contribution in [2.24, 2.45) is 4.99 Å². The predicted molar refractivity (Wildman–Crippen MR) is 108 cm³/mol. The molecule has 0 aliphatic heterocycles. The summed E-state index contributed by atoms with van der Waals surface area (Å²) < 4.78 is 6.30. The summed E-state index contributed by atoms with van der Waals surface area (Å²) in [5.41, 5.74) is 1.95. The quantitative estimate of drug-likeness (QED) is 0.480. The van der Waals surface area contributed by atoms with Crippen LogP contribution in [-0.2, 0) is 17.6 Å². The number of carbonyl (C=O) groups is 1. The summed E-state index contributed by atoms with van der Waals surface area (Å²) in [7, 11) is 0. The van der Waals surface area contributed by atoms with Gasteiger partial charge in [-0.1, -0.05) is 57.7 Å². The van der Waals surface area contributed by atoms with Gasteiger partial charge in [-0.05, 0) is 43.2 Å². The van der Waals surface area contributed by atoms with Crippen LogP contribution in [0.15, 0.2) is 33.7 Å². The molecule has 1 aromatic heterocycles. The molecule has 0 radical (unpaired) electrons. The molecule has 0 amide bonds. The molecular weight excluding hydrogens is 322 g/mol. The summed E-state index contributed by atoms with van der Waals surface area (Å²) in [6.45, 7) is 6.86. The average Bonchev–Trinajstić information content (AvgIpc) is 2.64. The Morgan fingerprint density at radius 3 is 2.38 bits per heavy atom. The lowest BCUT2D eigenvalue weighted by atomic mass is 9.97. The molecule has 2 rings (SSSR count). The molecule has 0 N–H and O–H groups in total. The first-order chi connectivity index (χ1) is 12.7. The second-order valence-corrected chi connectivity index (χ2v) is 7.10. The number of unbranched alkanes of at least 4 members (excludes halogenated alkanes) is 4. The maximum Gasteiger partial charge on any atom is 0.222 e. The van der Waals surface area contributed by atoms with Crippen LogP contribution in [0.5, 0.6) is 0 Å². The molecule has 0 saturated carbocycles. The van der Waals surface area contributed by atoms with Gasteiger partial charge < -0.3 is 9.21 Å². The third-order valence-corrected chi connectivity index (χ3v) is 4.79. The number of rotatable bonds is 11. The van der Waals surface area contributed by atoms with Crippen LogP contribution < -0.4 is 5.55 Å². The standard InChI is InChI=1S/C23H33NO2/c1-4-6-8-9-14-22-20(16-15-18(3)25)19-12-10-11-13-21(19)23(26-22)24-17-7-5-2/h10-13H,4-9,14-17H2,1-3H3. The van der Waals surface area contributed by atoms with Crippen LogP contribution >= 0.6 is 0 Å². The lowest BCUT2D eigenvalue weighted by molar-refractivity contribution is -0.116. The summed E-state index contributed by atoms with van der Waals surface area (Å²) in [5.74, 6) is 1.25. The highest BCUT2D eigenvalue weighted by Crippen LogP contribution is 2.23.